The minimum atomic E-state index is -0.563. The lowest BCUT2D eigenvalue weighted by molar-refractivity contribution is -0.161. The number of piperidine rings is 3. The standard InChI is InChI=1S/C16H21NO3/c18-11-14(12-4-2-1-3-5-12)16(19)20-15-10-17-8-6-13(15)7-9-17/h1-5,13-15,18H,6-11H2/t14-,15-/m0/s1. The number of esters is 1. The topological polar surface area (TPSA) is 49.8 Å². The number of aliphatic hydroxyl groups is 1. The average molecular weight is 275 g/mol. The third-order valence-electron chi connectivity index (χ3n) is 4.53. The van der Waals surface area contributed by atoms with Gasteiger partial charge in [0.05, 0.1) is 6.61 Å². The fourth-order valence-corrected chi connectivity index (χ4v) is 3.28. The molecular formula is C16H21NO3. The monoisotopic (exact) mass is 275 g/mol. The zero-order valence-electron chi connectivity index (χ0n) is 11.6. The van der Waals surface area contributed by atoms with Crippen LogP contribution in [0.2, 0.25) is 0 Å². The zero-order valence-corrected chi connectivity index (χ0v) is 11.6. The van der Waals surface area contributed by atoms with Crippen LogP contribution in [0, 0.1) is 5.92 Å². The third-order valence-corrected chi connectivity index (χ3v) is 4.53. The van der Waals surface area contributed by atoms with Gasteiger partial charge in [-0.05, 0) is 37.4 Å². The molecule has 0 aliphatic carbocycles. The molecule has 3 fully saturated rings. The van der Waals surface area contributed by atoms with Gasteiger partial charge in [0, 0.05) is 6.54 Å². The second kappa shape index (κ2) is 5.94. The summed E-state index contributed by atoms with van der Waals surface area (Å²) in [5.41, 5.74) is 0.821. The van der Waals surface area contributed by atoms with Crippen LogP contribution in [0.15, 0.2) is 30.3 Å². The molecule has 3 heterocycles. The molecule has 1 aromatic carbocycles. The van der Waals surface area contributed by atoms with Gasteiger partial charge in [-0.2, -0.15) is 0 Å². The van der Waals surface area contributed by atoms with Gasteiger partial charge in [-0.3, -0.25) is 9.69 Å². The lowest BCUT2D eigenvalue weighted by Gasteiger charge is -2.44. The van der Waals surface area contributed by atoms with Crippen LogP contribution in [0.5, 0.6) is 0 Å². The van der Waals surface area contributed by atoms with E-state index >= 15 is 0 Å². The lowest BCUT2D eigenvalue weighted by Crippen LogP contribution is -2.52. The van der Waals surface area contributed by atoms with Crippen LogP contribution in [-0.4, -0.2) is 48.3 Å². The molecular weight excluding hydrogens is 254 g/mol. The van der Waals surface area contributed by atoms with Gasteiger partial charge in [-0.1, -0.05) is 30.3 Å². The smallest absolute Gasteiger partial charge is 0.316 e. The van der Waals surface area contributed by atoms with Gasteiger partial charge in [-0.15, -0.1) is 0 Å². The van der Waals surface area contributed by atoms with E-state index in [2.05, 4.69) is 4.90 Å². The largest absolute Gasteiger partial charge is 0.460 e. The summed E-state index contributed by atoms with van der Waals surface area (Å²) in [6, 6.07) is 9.37. The Bertz CT molecular complexity index is 454. The molecule has 108 valence electrons. The number of nitrogens with zero attached hydrogens (tertiary/aromatic N) is 1. The van der Waals surface area contributed by atoms with Gasteiger partial charge in [-0.25, -0.2) is 0 Å². The molecule has 1 aromatic rings. The molecule has 4 nitrogen and oxygen atoms in total. The van der Waals surface area contributed by atoms with Gasteiger partial charge in [0.15, 0.2) is 0 Å². The van der Waals surface area contributed by atoms with E-state index < -0.39 is 5.92 Å². The van der Waals surface area contributed by atoms with Crippen LogP contribution in [0.4, 0.5) is 0 Å². The van der Waals surface area contributed by atoms with Gasteiger partial charge in [0.1, 0.15) is 12.0 Å². The van der Waals surface area contributed by atoms with Crippen LogP contribution in [0.3, 0.4) is 0 Å². The van der Waals surface area contributed by atoms with Crippen molar-refractivity contribution in [3.05, 3.63) is 35.9 Å². The lowest BCUT2D eigenvalue weighted by atomic mass is 9.85. The average Bonchev–Trinajstić information content (AvgIpc) is 2.50. The highest BCUT2D eigenvalue weighted by molar-refractivity contribution is 5.78. The van der Waals surface area contributed by atoms with Crippen molar-refractivity contribution >= 4 is 5.97 Å². The molecule has 0 spiro atoms. The second-order valence-electron chi connectivity index (χ2n) is 5.76. The molecule has 4 heteroatoms. The van der Waals surface area contributed by atoms with Crippen molar-refractivity contribution < 1.29 is 14.6 Å². The van der Waals surface area contributed by atoms with Gasteiger partial charge < -0.3 is 9.84 Å². The van der Waals surface area contributed by atoms with E-state index in [0.29, 0.717) is 5.92 Å². The fraction of sp³-hybridized carbons (Fsp3) is 0.562. The first-order valence-corrected chi connectivity index (χ1v) is 7.36. The van der Waals surface area contributed by atoms with Crippen LogP contribution >= 0.6 is 0 Å². The second-order valence-corrected chi connectivity index (χ2v) is 5.76. The molecule has 3 aliphatic heterocycles. The molecule has 0 aromatic heterocycles. The highest BCUT2D eigenvalue weighted by atomic mass is 16.5. The van der Waals surface area contributed by atoms with Crippen molar-refractivity contribution in [2.24, 2.45) is 5.92 Å². The summed E-state index contributed by atoms with van der Waals surface area (Å²) >= 11 is 0. The summed E-state index contributed by atoms with van der Waals surface area (Å²) in [6.07, 6.45) is 2.24. The Morgan fingerprint density at radius 2 is 2.00 bits per heavy atom. The summed E-state index contributed by atoms with van der Waals surface area (Å²) in [4.78, 5) is 14.7. The SMILES string of the molecule is O=C(O[C@H]1CN2CCC1CC2)[C@@H](CO)c1ccccc1. The van der Waals surface area contributed by atoms with E-state index in [1.165, 1.54) is 0 Å². The van der Waals surface area contributed by atoms with Gasteiger partial charge >= 0.3 is 5.97 Å². The number of rotatable bonds is 4. The predicted molar refractivity (Wildman–Crippen MR) is 75.3 cm³/mol. The number of fused-ring (bicyclic) bond motifs is 3. The number of ether oxygens (including phenoxy) is 1. The number of hydrogen-bond acceptors (Lipinski definition) is 4. The Hall–Kier alpha value is -1.39. The van der Waals surface area contributed by atoms with Crippen molar-refractivity contribution in [3.63, 3.8) is 0 Å². The highest BCUT2D eigenvalue weighted by Gasteiger charge is 2.37. The molecule has 3 aliphatic rings. The predicted octanol–water partition coefficient (Wildman–Crippen LogP) is 1.40. The maximum absolute atomic E-state index is 12.3. The Kier molecular flexibility index (Phi) is 4.03. The molecule has 0 amide bonds. The van der Waals surface area contributed by atoms with Gasteiger partial charge in [0.25, 0.3) is 0 Å². The molecule has 3 saturated heterocycles. The van der Waals surface area contributed by atoms with E-state index in [1.807, 2.05) is 30.3 Å². The minimum absolute atomic E-state index is 0.00256. The van der Waals surface area contributed by atoms with Gasteiger partial charge in [0.2, 0.25) is 0 Å². The van der Waals surface area contributed by atoms with E-state index in [1.54, 1.807) is 0 Å². The van der Waals surface area contributed by atoms with E-state index in [-0.39, 0.29) is 18.7 Å². The maximum atomic E-state index is 12.3. The van der Waals surface area contributed by atoms with Crippen LogP contribution in [-0.2, 0) is 9.53 Å². The van der Waals surface area contributed by atoms with Crippen molar-refractivity contribution in [1.29, 1.82) is 0 Å². The Balaban J connectivity index is 1.66. The van der Waals surface area contributed by atoms with Crippen molar-refractivity contribution in [2.75, 3.05) is 26.2 Å². The highest BCUT2D eigenvalue weighted by Crippen LogP contribution is 2.30. The summed E-state index contributed by atoms with van der Waals surface area (Å²) < 4.78 is 5.69. The Morgan fingerprint density at radius 3 is 2.55 bits per heavy atom. The molecule has 20 heavy (non-hydrogen) atoms. The number of aliphatic hydroxyl groups excluding tert-OH is 1. The van der Waals surface area contributed by atoms with Crippen molar-refractivity contribution in [3.8, 4) is 0 Å². The fourth-order valence-electron chi connectivity index (χ4n) is 3.28. The normalized spacial score (nSPS) is 29.9. The number of hydrogen-bond donors (Lipinski definition) is 1. The first kappa shape index (κ1) is 13.6. The Labute approximate surface area is 119 Å². The number of carbonyl (C=O) groups excluding carboxylic acids is 1. The zero-order chi connectivity index (χ0) is 13.9. The summed E-state index contributed by atoms with van der Waals surface area (Å²) in [5, 5.41) is 9.50. The summed E-state index contributed by atoms with van der Waals surface area (Å²) in [5.74, 6) is -0.358. The van der Waals surface area contributed by atoms with E-state index in [9.17, 15) is 9.90 Å². The molecule has 2 bridgehead atoms. The number of carbonyl (C=O) groups is 1. The number of benzene rings is 1. The summed E-state index contributed by atoms with van der Waals surface area (Å²) in [6.45, 7) is 2.90. The maximum Gasteiger partial charge on any atom is 0.316 e. The van der Waals surface area contributed by atoms with Crippen LogP contribution in [0.1, 0.15) is 24.3 Å². The summed E-state index contributed by atoms with van der Waals surface area (Å²) in [7, 11) is 0. The molecule has 2 atom stereocenters. The van der Waals surface area contributed by atoms with E-state index in [4.69, 9.17) is 4.74 Å². The molecule has 0 unspecified atom stereocenters. The molecule has 0 radical (unpaired) electrons. The Morgan fingerprint density at radius 1 is 1.30 bits per heavy atom. The van der Waals surface area contributed by atoms with Crippen molar-refractivity contribution in [1.82, 2.24) is 4.90 Å². The quantitative estimate of drug-likeness (QED) is 0.844. The molecule has 1 N–H and O–H groups in total. The first-order valence-electron chi connectivity index (χ1n) is 7.36. The molecule has 4 rings (SSSR count). The third kappa shape index (κ3) is 2.72. The first-order chi connectivity index (χ1) is 9.78. The minimum Gasteiger partial charge on any atom is -0.460 e. The van der Waals surface area contributed by atoms with Crippen LogP contribution < -0.4 is 0 Å². The van der Waals surface area contributed by atoms with Crippen LogP contribution in [0.25, 0.3) is 0 Å². The molecule has 0 saturated carbocycles. The van der Waals surface area contributed by atoms with Crippen molar-refractivity contribution in [2.45, 2.75) is 24.9 Å². The van der Waals surface area contributed by atoms with E-state index in [0.717, 1.165) is 38.0 Å².